The van der Waals surface area contributed by atoms with Crippen molar-refractivity contribution in [2.75, 3.05) is 25.6 Å². The Morgan fingerprint density at radius 3 is 2.58 bits per heavy atom. The number of methoxy groups -OCH3 is 1. The second kappa shape index (κ2) is 8.77. The van der Waals surface area contributed by atoms with E-state index in [9.17, 15) is 4.79 Å². The number of nitrogens with zero attached hydrogens (tertiary/aromatic N) is 4. The van der Waals surface area contributed by atoms with Crippen LogP contribution in [0, 0.1) is 6.92 Å². The average molecular weight is 436 g/mol. The van der Waals surface area contributed by atoms with Crippen LogP contribution in [0.15, 0.2) is 54.6 Å². The molecule has 2 aromatic heterocycles. The van der Waals surface area contributed by atoms with Gasteiger partial charge in [0.2, 0.25) is 5.91 Å². The third-order valence-corrected chi connectivity index (χ3v) is 6.35. The lowest BCUT2D eigenvalue weighted by Crippen LogP contribution is -2.36. The Labute approximate surface area is 185 Å². The van der Waals surface area contributed by atoms with Gasteiger partial charge in [-0.15, -0.1) is 0 Å². The van der Waals surface area contributed by atoms with Gasteiger partial charge in [0, 0.05) is 7.05 Å². The van der Waals surface area contributed by atoms with Gasteiger partial charge in [0.15, 0.2) is 10.8 Å². The van der Waals surface area contributed by atoms with E-state index in [2.05, 4.69) is 10.4 Å². The van der Waals surface area contributed by atoms with Crippen LogP contribution in [0.3, 0.4) is 0 Å². The van der Waals surface area contributed by atoms with Crippen LogP contribution in [-0.4, -0.2) is 41.4 Å². The molecule has 31 heavy (non-hydrogen) atoms. The van der Waals surface area contributed by atoms with Gasteiger partial charge in [-0.3, -0.25) is 4.79 Å². The maximum atomic E-state index is 12.6. The van der Waals surface area contributed by atoms with E-state index >= 15 is 0 Å². The molecule has 0 bridgehead atoms. The van der Waals surface area contributed by atoms with Gasteiger partial charge in [0.05, 0.1) is 35.8 Å². The molecule has 0 aliphatic heterocycles. The minimum atomic E-state index is -0.0525. The molecule has 2 heterocycles. The fraction of sp³-hybridized carbons (Fsp3) is 0.261. The molecule has 0 fully saturated rings. The second-order valence-corrected chi connectivity index (χ2v) is 8.38. The van der Waals surface area contributed by atoms with E-state index in [0.29, 0.717) is 0 Å². The lowest BCUT2D eigenvalue weighted by Gasteiger charge is -2.18. The maximum absolute atomic E-state index is 12.6. The number of likely N-dealkylation sites (N-methyl/N-ethyl adjacent to an activating group) is 1. The molecule has 8 heteroatoms. The molecule has 2 aromatic carbocycles. The molecular weight excluding hydrogens is 410 g/mol. The normalized spacial score (nSPS) is 12.0. The second-order valence-electron chi connectivity index (χ2n) is 7.40. The summed E-state index contributed by atoms with van der Waals surface area (Å²) >= 11 is 1.54. The van der Waals surface area contributed by atoms with Gasteiger partial charge in [0.25, 0.3) is 0 Å². The zero-order chi connectivity index (χ0) is 22.0. The van der Waals surface area contributed by atoms with Crippen molar-refractivity contribution in [3.05, 3.63) is 65.9 Å². The van der Waals surface area contributed by atoms with E-state index < -0.39 is 0 Å². The number of ether oxygens (including phenoxy) is 1. The predicted molar refractivity (Wildman–Crippen MR) is 124 cm³/mol. The van der Waals surface area contributed by atoms with E-state index in [1.165, 1.54) is 11.3 Å². The van der Waals surface area contributed by atoms with Crippen LogP contribution >= 0.6 is 11.3 Å². The summed E-state index contributed by atoms with van der Waals surface area (Å²) in [5.41, 5.74) is 3.68. The van der Waals surface area contributed by atoms with E-state index in [1.807, 2.05) is 85.1 Å². The number of amides is 1. The first-order chi connectivity index (χ1) is 15.0. The largest absolute Gasteiger partial charge is 0.497 e. The highest BCUT2D eigenvalue weighted by Gasteiger charge is 2.19. The standard InChI is InChI=1S/C23H25N5O2S/c1-15(17-8-6-5-7-9-17)24-20(29)14-27(3)23-25-22-21(31-23)16(2)26-28(22)18-10-12-19(30-4)13-11-18/h5-13,15H,14H2,1-4H3,(H,24,29)/t15-/m1/s1. The summed E-state index contributed by atoms with van der Waals surface area (Å²) in [6.45, 7) is 4.18. The Morgan fingerprint density at radius 2 is 1.90 bits per heavy atom. The molecule has 1 atom stereocenters. The molecular formula is C23H25N5O2S. The Morgan fingerprint density at radius 1 is 1.19 bits per heavy atom. The quantitative estimate of drug-likeness (QED) is 0.473. The van der Waals surface area contributed by atoms with E-state index in [-0.39, 0.29) is 18.5 Å². The van der Waals surface area contributed by atoms with Crippen molar-refractivity contribution in [3.8, 4) is 11.4 Å². The van der Waals surface area contributed by atoms with Crippen LogP contribution in [0.2, 0.25) is 0 Å². The monoisotopic (exact) mass is 435 g/mol. The minimum absolute atomic E-state index is 0.0494. The number of rotatable bonds is 7. The Bertz CT molecular complexity index is 1180. The third-order valence-electron chi connectivity index (χ3n) is 5.08. The van der Waals surface area contributed by atoms with E-state index in [1.54, 1.807) is 7.11 Å². The van der Waals surface area contributed by atoms with Crippen LogP contribution in [0.4, 0.5) is 5.13 Å². The van der Waals surface area contributed by atoms with Crippen LogP contribution < -0.4 is 15.0 Å². The smallest absolute Gasteiger partial charge is 0.240 e. The Kier molecular flexibility index (Phi) is 5.90. The Hall–Kier alpha value is -3.39. The molecule has 0 aliphatic carbocycles. The molecule has 1 amide bonds. The molecule has 0 unspecified atom stereocenters. The highest BCUT2D eigenvalue weighted by atomic mass is 32.1. The topological polar surface area (TPSA) is 72.3 Å². The van der Waals surface area contributed by atoms with Gasteiger partial charge >= 0.3 is 0 Å². The fourth-order valence-electron chi connectivity index (χ4n) is 3.39. The van der Waals surface area contributed by atoms with Gasteiger partial charge in [-0.25, -0.2) is 4.68 Å². The number of hydrogen-bond donors (Lipinski definition) is 1. The molecule has 160 valence electrons. The molecule has 0 spiro atoms. The number of hydrogen-bond acceptors (Lipinski definition) is 6. The first-order valence-corrected chi connectivity index (χ1v) is 10.8. The zero-order valence-electron chi connectivity index (χ0n) is 18.0. The van der Waals surface area contributed by atoms with Crippen molar-refractivity contribution in [1.82, 2.24) is 20.1 Å². The summed E-state index contributed by atoms with van der Waals surface area (Å²) < 4.78 is 8.08. The van der Waals surface area contributed by atoms with Crippen LogP contribution in [0.25, 0.3) is 16.0 Å². The first-order valence-electron chi connectivity index (χ1n) is 10.0. The maximum Gasteiger partial charge on any atom is 0.240 e. The molecule has 7 nitrogen and oxygen atoms in total. The van der Waals surface area contributed by atoms with Crippen molar-refractivity contribution in [3.63, 3.8) is 0 Å². The number of benzene rings is 2. The summed E-state index contributed by atoms with van der Waals surface area (Å²) in [5, 5.41) is 8.46. The molecule has 1 N–H and O–H groups in total. The number of thiazole rings is 1. The van der Waals surface area contributed by atoms with Gasteiger partial charge < -0.3 is 15.0 Å². The SMILES string of the molecule is COc1ccc(-n2nc(C)c3sc(N(C)CC(=O)N[C@H](C)c4ccccc4)nc32)cc1. The number of anilines is 1. The van der Waals surface area contributed by atoms with Crippen molar-refractivity contribution in [2.24, 2.45) is 0 Å². The number of nitrogens with one attached hydrogen (secondary N) is 1. The molecule has 4 aromatic rings. The number of carbonyl (C=O) groups excluding carboxylic acids is 1. The van der Waals surface area contributed by atoms with E-state index in [0.717, 1.165) is 38.2 Å². The first kappa shape index (κ1) is 20.9. The number of aromatic nitrogens is 3. The molecule has 0 saturated heterocycles. The lowest BCUT2D eigenvalue weighted by atomic mass is 10.1. The summed E-state index contributed by atoms with van der Waals surface area (Å²) in [6, 6.07) is 17.6. The zero-order valence-corrected chi connectivity index (χ0v) is 18.8. The fourth-order valence-corrected chi connectivity index (χ4v) is 4.33. The number of fused-ring (bicyclic) bond motifs is 1. The summed E-state index contributed by atoms with van der Waals surface area (Å²) in [6.07, 6.45) is 0. The molecule has 4 rings (SSSR count). The van der Waals surface area contributed by atoms with Crippen LogP contribution in [0.1, 0.15) is 24.2 Å². The predicted octanol–water partition coefficient (Wildman–Crippen LogP) is 4.11. The van der Waals surface area contributed by atoms with E-state index in [4.69, 9.17) is 9.72 Å². The van der Waals surface area contributed by atoms with Crippen molar-refractivity contribution in [1.29, 1.82) is 0 Å². The third kappa shape index (κ3) is 4.39. The summed E-state index contributed by atoms with van der Waals surface area (Å²) in [7, 11) is 3.52. The minimum Gasteiger partial charge on any atom is -0.497 e. The van der Waals surface area contributed by atoms with Gasteiger partial charge in [-0.1, -0.05) is 41.7 Å². The highest BCUT2D eigenvalue weighted by molar-refractivity contribution is 7.22. The number of carbonyl (C=O) groups is 1. The van der Waals surface area contributed by atoms with Crippen LogP contribution in [-0.2, 0) is 4.79 Å². The highest BCUT2D eigenvalue weighted by Crippen LogP contribution is 2.32. The van der Waals surface area contributed by atoms with Gasteiger partial charge in [-0.05, 0) is 43.7 Å². The van der Waals surface area contributed by atoms with Crippen molar-refractivity contribution < 1.29 is 9.53 Å². The van der Waals surface area contributed by atoms with Crippen molar-refractivity contribution in [2.45, 2.75) is 19.9 Å². The molecule has 0 saturated carbocycles. The molecule has 0 radical (unpaired) electrons. The average Bonchev–Trinajstić information content (AvgIpc) is 3.35. The summed E-state index contributed by atoms with van der Waals surface area (Å²) in [5.74, 6) is 0.741. The van der Waals surface area contributed by atoms with Crippen LogP contribution in [0.5, 0.6) is 5.75 Å². The van der Waals surface area contributed by atoms with Gasteiger partial charge in [-0.2, -0.15) is 10.1 Å². The van der Waals surface area contributed by atoms with Gasteiger partial charge in [0.1, 0.15) is 5.75 Å². The Balaban J connectivity index is 1.50. The molecule has 0 aliphatic rings. The van der Waals surface area contributed by atoms with Crippen molar-refractivity contribution >= 4 is 32.7 Å². The lowest BCUT2D eigenvalue weighted by molar-refractivity contribution is -0.120. The number of aryl methyl sites for hydroxylation is 1. The summed E-state index contributed by atoms with van der Waals surface area (Å²) in [4.78, 5) is 19.2.